The van der Waals surface area contributed by atoms with Crippen LogP contribution in [-0.2, 0) is 0 Å². The minimum atomic E-state index is 0.785. The van der Waals surface area contributed by atoms with Crippen molar-refractivity contribution in [3.05, 3.63) is 12.7 Å². The first-order valence-corrected chi connectivity index (χ1v) is 3.83. The maximum absolute atomic E-state index is 3.52. The normalized spacial score (nSPS) is 7.60. The molecule has 5 heavy (non-hydrogen) atoms. The monoisotopic (exact) mass is 283 g/mol. The van der Waals surface area contributed by atoms with Gasteiger partial charge in [0.25, 0.3) is 0 Å². The van der Waals surface area contributed by atoms with Crippen molar-refractivity contribution in [2.75, 3.05) is 6.54 Å². The Labute approximate surface area is 61.6 Å². The Morgan fingerprint density at radius 3 is 2.60 bits per heavy atom. The average molecular weight is 283 g/mol. The Morgan fingerprint density at radius 1 is 2.00 bits per heavy atom. The summed E-state index contributed by atoms with van der Waals surface area (Å²) in [6.45, 7) is 4.50. The molecule has 0 radical (unpaired) electrons. The molecule has 0 aliphatic rings. The summed E-state index contributed by atoms with van der Waals surface area (Å²) in [7, 11) is 0. The van der Waals surface area contributed by atoms with Gasteiger partial charge in [0, 0.05) is 0 Å². The summed E-state index contributed by atoms with van der Waals surface area (Å²) < 4.78 is 3.09. The van der Waals surface area contributed by atoms with E-state index in [1.807, 2.05) is 6.08 Å². The van der Waals surface area contributed by atoms with E-state index in [0.29, 0.717) is 0 Å². The molecule has 0 saturated carbocycles. The molecule has 0 rings (SSSR count). The van der Waals surface area contributed by atoms with Gasteiger partial charge in [-0.25, -0.2) is 0 Å². The van der Waals surface area contributed by atoms with Gasteiger partial charge in [-0.3, -0.25) is 0 Å². The van der Waals surface area contributed by atoms with E-state index in [4.69, 9.17) is 0 Å². The Morgan fingerprint density at radius 2 is 2.60 bits per heavy atom. The van der Waals surface area contributed by atoms with E-state index in [-0.39, 0.29) is 0 Å². The predicted octanol–water partition coefficient (Wildman–Crippen LogP) is 0.226. The van der Waals surface area contributed by atoms with Crippen LogP contribution in [0.2, 0.25) is 0 Å². The molecule has 0 atom stereocenters. The molecule has 0 aromatic rings. The molecular formula is C3H6AcN. The van der Waals surface area contributed by atoms with Crippen LogP contribution in [0.4, 0.5) is 0 Å². The van der Waals surface area contributed by atoms with Gasteiger partial charge in [0.1, 0.15) is 0 Å². The van der Waals surface area contributed by atoms with Crippen LogP contribution in [0, 0.1) is 42.3 Å². The van der Waals surface area contributed by atoms with Crippen molar-refractivity contribution in [1.82, 2.24) is 0.974 Å². The molecule has 1 N–H and O–H groups in total. The Bertz CT molecular complexity index is 28.1. The summed E-state index contributed by atoms with van der Waals surface area (Å²) in [5.74, 6) is 0. The van der Waals surface area contributed by atoms with Crippen LogP contribution in [0.3, 0.4) is 0 Å². The summed E-state index contributed by atoms with van der Waals surface area (Å²) in [5, 5.41) is 0. The summed E-state index contributed by atoms with van der Waals surface area (Å²) in [6.07, 6.45) is 1.87. The number of rotatable bonds is 2. The molecule has 0 unspecified atom stereocenters. The second kappa shape index (κ2) is 5.14. The van der Waals surface area contributed by atoms with Crippen LogP contribution in [0.15, 0.2) is 12.7 Å². The fourth-order valence-electron chi connectivity index (χ4n) is 0.0833. The van der Waals surface area contributed by atoms with Gasteiger partial charge in [-0.2, -0.15) is 0 Å². The zero-order valence-electron chi connectivity index (χ0n) is 3.07. The minimum absolute atomic E-state index is 0.785. The van der Waals surface area contributed by atoms with Crippen LogP contribution >= 0.6 is 0 Å². The quantitative estimate of drug-likeness (QED) is 0.715. The number of hydrogen-bond donors (Lipinski definition) is 1. The van der Waals surface area contributed by atoms with Crippen molar-refractivity contribution >= 4 is 0 Å². The third-order valence-electron chi connectivity index (χ3n) is 0.262. The first-order chi connectivity index (χ1) is 2.41. The van der Waals surface area contributed by atoms with Gasteiger partial charge in [-0.1, -0.05) is 0 Å². The maximum atomic E-state index is 3.52. The molecule has 1 nitrogen and oxygen atoms in total. The third-order valence-corrected chi connectivity index (χ3v) is 1.23. The van der Waals surface area contributed by atoms with Gasteiger partial charge in [-0.15, -0.1) is 0 Å². The van der Waals surface area contributed by atoms with E-state index in [1.54, 1.807) is 0 Å². The van der Waals surface area contributed by atoms with Gasteiger partial charge < -0.3 is 0 Å². The van der Waals surface area contributed by atoms with Crippen LogP contribution < -0.4 is 0.974 Å². The zero-order valence-corrected chi connectivity index (χ0v) is 7.81. The van der Waals surface area contributed by atoms with Gasteiger partial charge in [-0.05, 0) is 0 Å². The molecule has 0 aromatic carbocycles. The Balaban J connectivity index is 2.40. The standard InChI is InChI=1S/C3H6N.Ac/c1-2-3-4;/h2,4H,1,3H2;/q-1;+1. The number of nitrogens with one attached hydrogen (secondary N) is 1. The first-order valence-electron chi connectivity index (χ1n) is 1.46. The molecule has 2 heteroatoms. The predicted molar refractivity (Wildman–Crippen MR) is 18.2 cm³/mol. The average Bonchev–Trinajstić information content (AvgIpc) is 1.41. The Kier molecular flexibility index (Phi) is 6.32. The van der Waals surface area contributed by atoms with Crippen molar-refractivity contribution in [3.63, 3.8) is 0 Å². The molecule has 0 saturated heterocycles. The van der Waals surface area contributed by atoms with Crippen molar-refractivity contribution in [3.8, 4) is 0 Å². The molecule has 0 heterocycles. The zero-order chi connectivity index (χ0) is 4.12. The first kappa shape index (κ1) is 6.14. The van der Waals surface area contributed by atoms with E-state index in [2.05, 4.69) is 7.55 Å². The second-order valence-corrected chi connectivity index (χ2v) is 2.37. The molecule has 0 fully saturated rings. The van der Waals surface area contributed by atoms with Gasteiger partial charge in [0.2, 0.25) is 0 Å². The fraction of sp³-hybridized carbons (Fsp3) is 0.333. The molecule has 0 spiro atoms. The van der Waals surface area contributed by atoms with Crippen molar-refractivity contribution in [1.29, 1.82) is 0 Å². The van der Waals surface area contributed by atoms with Gasteiger partial charge in [0.05, 0.1) is 0 Å². The van der Waals surface area contributed by atoms with E-state index in [0.717, 1.165) is 48.8 Å². The van der Waals surface area contributed by atoms with E-state index in [1.165, 1.54) is 0 Å². The molecule has 26 valence electrons. The molecular weight excluding hydrogens is 277 g/mol. The van der Waals surface area contributed by atoms with Crippen LogP contribution in [0.1, 0.15) is 0 Å². The molecule has 0 aliphatic carbocycles. The van der Waals surface area contributed by atoms with E-state index >= 15 is 0 Å². The van der Waals surface area contributed by atoms with Crippen LogP contribution in [0.25, 0.3) is 0 Å². The van der Waals surface area contributed by atoms with Crippen molar-refractivity contribution in [2.24, 2.45) is 0 Å². The second-order valence-electron chi connectivity index (χ2n) is 0.697. The summed E-state index contributed by atoms with van der Waals surface area (Å²) in [6, 6.07) is 0. The van der Waals surface area contributed by atoms with Gasteiger partial charge in [0.15, 0.2) is 0 Å². The van der Waals surface area contributed by atoms with Crippen LogP contribution in [-0.4, -0.2) is 6.54 Å². The fourth-order valence-corrected chi connectivity index (χ4v) is 0.768. The molecule has 0 aromatic heterocycles. The topological polar surface area (TPSA) is 12.0 Å². The molecule has 0 aliphatic heterocycles. The summed E-state index contributed by atoms with van der Waals surface area (Å²) in [4.78, 5) is 0. The van der Waals surface area contributed by atoms with Crippen LogP contribution in [0.5, 0.6) is 0 Å². The van der Waals surface area contributed by atoms with E-state index < -0.39 is 0 Å². The summed E-state index contributed by atoms with van der Waals surface area (Å²) >= 11 is 0.785. The molecule has 0 amide bonds. The van der Waals surface area contributed by atoms with Gasteiger partial charge >= 0.3 is 62.5 Å². The molecule has 0 bridgehead atoms. The SMILES string of the molecule is C=CC[NH][Ac]. The summed E-state index contributed by atoms with van der Waals surface area (Å²) in [5.41, 5.74) is 0. The van der Waals surface area contributed by atoms with Crippen molar-refractivity contribution in [2.45, 2.75) is 0 Å². The number of hydrogen-bond acceptors (Lipinski definition) is 1. The van der Waals surface area contributed by atoms with E-state index in [9.17, 15) is 0 Å². The van der Waals surface area contributed by atoms with Crippen molar-refractivity contribution < 1.29 is 42.3 Å². The third kappa shape index (κ3) is 5.14. The Hall–Kier alpha value is 1.14.